The normalized spacial score (nSPS) is 20.0. The number of morpholine rings is 1. The van der Waals surface area contributed by atoms with E-state index in [1.165, 1.54) is 33.8 Å². The zero-order chi connectivity index (χ0) is 22.1. The lowest BCUT2D eigenvalue weighted by Crippen LogP contribution is -2.48. The average Bonchev–Trinajstić information content (AvgIpc) is 3.09. The molecule has 2 unspecified atom stereocenters. The van der Waals surface area contributed by atoms with Crippen LogP contribution >= 0.6 is 22.9 Å². The quantitative estimate of drug-likeness (QED) is 0.719. The molecule has 7 nitrogen and oxygen atoms in total. The molecule has 1 N–H and O–H groups in total. The van der Waals surface area contributed by atoms with Gasteiger partial charge in [-0.2, -0.15) is 9.57 Å². The average molecular weight is 468 g/mol. The first-order valence-corrected chi connectivity index (χ1v) is 12.1. The molecule has 1 aromatic carbocycles. The molecule has 0 saturated carbocycles. The Balaban J connectivity index is 1.90. The van der Waals surface area contributed by atoms with Crippen molar-refractivity contribution in [1.82, 2.24) is 4.31 Å². The van der Waals surface area contributed by atoms with Gasteiger partial charge in [0.05, 0.1) is 22.8 Å². The van der Waals surface area contributed by atoms with Gasteiger partial charge in [-0.15, -0.1) is 11.3 Å². The number of nitriles is 1. The Hall–Kier alpha value is -1.96. The lowest BCUT2D eigenvalue weighted by Gasteiger charge is -2.34. The number of anilines is 1. The molecule has 2 heterocycles. The maximum Gasteiger partial charge on any atom is 0.256 e. The summed E-state index contributed by atoms with van der Waals surface area (Å²) in [6.45, 7) is 5.99. The van der Waals surface area contributed by atoms with E-state index in [0.717, 1.165) is 11.3 Å². The van der Waals surface area contributed by atoms with E-state index in [9.17, 15) is 18.5 Å². The van der Waals surface area contributed by atoms with Crippen LogP contribution < -0.4 is 5.32 Å². The first kappa shape index (κ1) is 22.7. The number of hydrogen-bond donors (Lipinski definition) is 1. The molecule has 160 valence electrons. The van der Waals surface area contributed by atoms with Gasteiger partial charge in [0.2, 0.25) is 10.0 Å². The number of benzene rings is 1. The number of carbonyl (C=O) groups is 1. The summed E-state index contributed by atoms with van der Waals surface area (Å²) in [6, 6.07) is 7.93. The Kier molecular flexibility index (Phi) is 6.84. The predicted octanol–water partition coefficient (Wildman–Crippen LogP) is 3.89. The first-order valence-electron chi connectivity index (χ1n) is 9.45. The van der Waals surface area contributed by atoms with Crippen molar-refractivity contribution >= 4 is 43.9 Å². The number of hydrogen-bond acceptors (Lipinski definition) is 6. The van der Waals surface area contributed by atoms with Gasteiger partial charge in [0.15, 0.2) is 0 Å². The molecule has 0 bridgehead atoms. The van der Waals surface area contributed by atoms with E-state index in [1.54, 1.807) is 6.07 Å². The van der Waals surface area contributed by atoms with Crippen LogP contribution in [0, 0.1) is 11.3 Å². The van der Waals surface area contributed by atoms with Crippen LogP contribution in [0.2, 0.25) is 5.02 Å². The summed E-state index contributed by atoms with van der Waals surface area (Å²) >= 11 is 7.52. The number of aryl methyl sites for hydroxylation is 1. The minimum Gasteiger partial charge on any atom is -0.373 e. The van der Waals surface area contributed by atoms with E-state index in [4.69, 9.17) is 16.3 Å². The molecule has 2 aromatic rings. The van der Waals surface area contributed by atoms with Crippen molar-refractivity contribution in [3.05, 3.63) is 45.3 Å². The second-order valence-electron chi connectivity index (χ2n) is 7.10. The number of amides is 1. The fourth-order valence-corrected chi connectivity index (χ4v) is 6.31. The fraction of sp³-hybridized carbons (Fsp3) is 0.400. The standard InChI is InChI=1S/C20H22ClN3O4S2/c1-4-16-7-15(9-22)20(29-16)23-19(25)14-5-6-17(21)18(8-14)30(26,27)24-10-12(2)28-13(3)11-24/h5-8,12-13H,4,10-11H2,1-3H3,(H,23,25). The largest absolute Gasteiger partial charge is 0.373 e. The number of nitrogens with one attached hydrogen (secondary N) is 1. The van der Waals surface area contributed by atoms with Gasteiger partial charge < -0.3 is 10.1 Å². The van der Waals surface area contributed by atoms with Crippen LogP contribution in [0.25, 0.3) is 0 Å². The summed E-state index contributed by atoms with van der Waals surface area (Å²) in [6.07, 6.45) is 0.254. The number of halogens is 1. The summed E-state index contributed by atoms with van der Waals surface area (Å²) in [5.74, 6) is -0.507. The van der Waals surface area contributed by atoms with Crippen LogP contribution in [-0.4, -0.2) is 43.9 Å². The Labute approximate surface area is 185 Å². The second-order valence-corrected chi connectivity index (χ2v) is 10.5. The van der Waals surface area contributed by atoms with Gasteiger partial charge in [-0.05, 0) is 44.5 Å². The molecule has 1 aromatic heterocycles. The van der Waals surface area contributed by atoms with Gasteiger partial charge in [0, 0.05) is 23.5 Å². The lowest BCUT2D eigenvalue weighted by atomic mass is 10.2. The molecule has 1 saturated heterocycles. The maximum atomic E-state index is 13.2. The molecule has 0 spiro atoms. The molecule has 30 heavy (non-hydrogen) atoms. The molecular weight excluding hydrogens is 446 g/mol. The van der Waals surface area contributed by atoms with E-state index in [0.29, 0.717) is 10.6 Å². The number of rotatable bonds is 5. The molecule has 0 radical (unpaired) electrons. The van der Waals surface area contributed by atoms with Crippen LogP contribution in [0.15, 0.2) is 29.2 Å². The third-order valence-corrected chi connectivity index (χ3v) is 8.18. The summed E-state index contributed by atoms with van der Waals surface area (Å²) < 4.78 is 33.3. The smallest absolute Gasteiger partial charge is 0.256 e. The molecule has 10 heteroatoms. The topological polar surface area (TPSA) is 99.5 Å². The van der Waals surface area contributed by atoms with Crippen molar-refractivity contribution in [1.29, 1.82) is 5.26 Å². The Morgan fingerprint density at radius 3 is 2.60 bits per heavy atom. The summed E-state index contributed by atoms with van der Waals surface area (Å²) in [4.78, 5) is 13.6. The van der Waals surface area contributed by atoms with Gasteiger partial charge in [-0.3, -0.25) is 4.79 Å². The van der Waals surface area contributed by atoms with Crippen molar-refractivity contribution in [3.8, 4) is 6.07 Å². The van der Waals surface area contributed by atoms with Crippen LogP contribution in [0.1, 0.15) is 41.6 Å². The van der Waals surface area contributed by atoms with Gasteiger partial charge in [0.1, 0.15) is 16.0 Å². The maximum absolute atomic E-state index is 13.2. The SMILES string of the molecule is CCc1cc(C#N)c(NC(=O)c2ccc(Cl)c(S(=O)(=O)N3CC(C)OC(C)C3)c2)s1. The highest BCUT2D eigenvalue weighted by molar-refractivity contribution is 7.89. The molecule has 1 amide bonds. The fourth-order valence-electron chi connectivity index (χ4n) is 3.28. The van der Waals surface area contributed by atoms with Crippen molar-refractivity contribution in [2.45, 2.75) is 44.3 Å². The third kappa shape index (κ3) is 4.68. The number of nitrogens with zero attached hydrogens (tertiary/aromatic N) is 2. The molecule has 1 aliphatic rings. The van der Waals surface area contributed by atoms with E-state index >= 15 is 0 Å². The van der Waals surface area contributed by atoms with E-state index in [-0.39, 0.29) is 40.8 Å². The molecule has 3 rings (SSSR count). The van der Waals surface area contributed by atoms with E-state index in [2.05, 4.69) is 11.4 Å². The highest BCUT2D eigenvalue weighted by Gasteiger charge is 2.34. The highest BCUT2D eigenvalue weighted by Crippen LogP contribution is 2.30. The Bertz CT molecular complexity index is 1100. The summed E-state index contributed by atoms with van der Waals surface area (Å²) in [7, 11) is -3.91. The summed E-state index contributed by atoms with van der Waals surface area (Å²) in [5.41, 5.74) is 0.519. The molecule has 0 aliphatic carbocycles. The predicted molar refractivity (Wildman–Crippen MR) is 117 cm³/mol. The number of sulfonamides is 1. The number of ether oxygens (including phenoxy) is 1. The molecule has 1 aliphatic heterocycles. The number of carbonyl (C=O) groups excluding carboxylic acids is 1. The summed E-state index contributed by atoms with van der Waals surface area (Å²) in [5, 5.41) is 12.5. The zero-order valence-electron chi connectivity index (χ0n) is 16.8. The molecule has 2 atom stereocenters. The van der Waals surface area contributed by atoms with Crippen LogP contribution in [-0.2, 0) is 21.2 Å². The van der Waals surface area contributed by atoms with Gasteiger partial charge in [0.25, 0.3) is 5.91 Å². The van der Waals surface area contributed by atoms with Crippen LogP contribution in [0.5, 0.6) is 0 Å². The Morgan fingerprint density at radius 1 is 1.33 bits per heavy atom. The minimum atomic E-state index is -3.91. The first-order chi connectivity index (χ1) is 14.1. The van der Waals surface area contributed by atoms with Gasteiger partial charge in [-0.25, -0.2) is 8.42 Å². The number of thiophene rings is 1. The zero-order valence-corrected chi connectivity index (χ0v) is 19.2. The van der Waals surface area contributed by atoms with Gasteiger partial charge in [-0.1, -0.05) is 18.5 Å². The Morgan fingerprint density at radius 2 is 2.00 bits per heavy atom. The van der Waals surface area contributed by atoms with E-state index in [1.807, 2.05) is 20.8 Å². The lowest BCUT2D eigenvalue weighted by molar-refractivity contribution is -0.0440. The highest BCUT2D eigenvalue weighted by atomic mass is 35.5. The minimum absolute atomic E-state index is 0.0421. The van der Waals surface area contributed by atoms with Crippen LogP contribution in [0.4, 0.5) is 5.00 Å². The van der Waals surface area contributed by atoms with Crippen molar-refractivity contribution in [2.24, 2.45) is 0 Å². The monoisotopic (exact) mass is 467 g/mol. The van der Waals surface area contributed by atoms with Gasteiger partial charge >= 0.3 is 0 Å². The second kappa shape index (κ2) is 9.04. The molecule has 1 fully saturated rings. The van der Waals surface area contributed by atoms with Crippen LogP contribution in [0.3, 0.4) is 0 Å². The van der Waals surface area contributed by atoms with Crippen molar-refractivity contribution in [2.75, 3.05) is 18.4 Å². The third-order valence-electron chi connectivity index (χ3n) is 4.68. The van der Waals surface area contributed by atoms with Crippen molar-refractivity contribution in [3.63, 3.8) is 0 Å². The van der Waals surface area contributed by atoms with E-state index < -0.39 is 15.9 Å². The van der Waals surface area contributed by atoms with Crippen molar-refractivity contribution < 1.29 is 17.9 Å². The molecular formula is C20H22ClN3O4S2.